The van der Waals surface area contributed by atoms with Crippen LogP contribution in [0.4, 0.5) is 30.6 Å². The van der Waals surface area contributed by atoms with Crippen LogP contribution in [0.2, 0.25) is 0 Å². The summed E-state index contributed by atoms with van der Waals surface area (Å²) in [6, 6.07) is 5.79. The van der Waals surface area contributed by atoms with E-state index in [-0.39, 0.29) is 23.0 Å². The van der Waals surface area contributed by atoms with E-state index in [0.29, 0.717) is 17.7 Å². The quantitative estimate of drug-likeness (QED) is 0.465. The molecule has 2 aromatic heterocycles. The minimum atomic E-state index is -4.60. The molecule has 0 aliphatic rings. The number of halogens is 3. The number of pyridine rings is 1. The number of benzene rings is 1. The highest BCUT2D eigenvalue weighted by molar-refractivity contribution is 6.06. The second kappa shape index (κ2) is 11.7. The van der Waals surface area contributed by atoms with Crippen molar-refractivity contribution >= 4 is 23.4 Å². The Hall–Kier alpha value is -4.17. The molecule has 0 bridgehead atoms. The molecule has 0 spiro atoms. The average molecular weight is 512 g/mol. The average Bonchev–Trinajstić information content (AvgIpc) is 2.83. The third-order valence-corrected chi connectivity index (χ3v) is 5.42. The van der Waals surface area contributed by atoms with Crippen molar-refractivity contribution in [3.63, 3.8) is 0 Å². The van der Waals surface area contributed by atoms with Crippen LogP contribution in [0.3, 0.4) is 0 Å². The monoisotopic (exact) mass is 511 g/mol. The van der Waals surface area contributed by atoms with Crippen LogP contribution in [0.1, 0.15) is 39.0 Å². The summed E-state index contributed by atoms with van der Waals surface area (Å²) in [4.78, 5) is 28.6. The normalized spacial score (nSPS) is 11.1. The highest BCUT2D eigenvalue weighted by atomic mass is 19.4. The number of rotatable bonds is 7. The lowest BCUT2D eigenvalue weighted by Crippen LogP contribution is -2.26. The Morgan fingerprint density at radius 3 is 2.38 bits per heavy atom. The van der Waals surface area contributed by atoms with Gasteiger partial charge in [-0.1, -0.05) is 17.9 Å². The van der Waals surface area contributed by atoms with Crippen molar-refractivity contribution < 1.29 is 18.0 Å². The molecule has 8 nitrogen and oxygen atoms in total. The van der Waals surface area contributed by atoms with Crippen molar-refractivity contribution in [1.82, 2.24) is 19.9 Å². The van der Waals surface area contributed by atoms with Gasteiger partial charge in [0.05, 0.1) is 16.8 Å². The molecule has 0 atom stereocenters. The number of nitrogens with one attached hydrogen (secondary N) is 1. The number of aryl methyl sites for hydroxylation is 1. The molecule has 0 radical (unpaired) electrons. The van der Waals surface area contributed by atoms with Gasteiger partial charge in [0.2, 0.25) is 5.95 Å². The van der Waals surface area contributed by atoms with Gasteiger partial charge in [-0.2, -0.15) is 13.2 Å². The summed E-state index contributed by atoms with van der Waals surface area (Å²) in [6.07, 6.45) is -0.101. The molecule has 1 amide bonds. The number of hydrogen-bond acceptors (Lipinski definition) is 7. The molecule has 2 heterocycles. The maximum absolute atomic E-state index is 13.4. The highest BCUT2D eigenvalue weighted by Gasteiger charge is 2.32. The summed E-state index contributed by atoms with van der Waals surface area (Å²) in [5, 5.41) is 2.61. The number of aromatic nitrogens is 3. The van der Waals surface area contributed by atoms with Crippen LogP contribution in [-0.4, -0.2) is 60.0 Å². The lowest BCUT2D eigenvalue weighted by molar-refractivity contribution is -0.137. The number of nitrogen functional groups attached to an aromatic ring is 1. The number of amides is 1. The zero-order valence-corrected chi connectivity index (χ0v) is 21.0. The van der Waals surface area contributed by atoms with E-state index < -0.39 is 17.6 Å². The van der Waals surface area contributed by atoms with E-state index in [2.05, 4.69) is 32.1 Å². The van der Waals surface area contributed by atoms with E-state index in [9.17, 15) is 18.0 Å². The molecule has 0 unspecified atom stereocenters. The molecule has 11 heteroatoms. The number of alkyl halides is 3. The van der Waals surface area contributed by atoms with Gasteiger partial charge < -0.3 is 20.9 Å². The van der Waals surface area contributed by atoms with Crippen molar-refractivity contribution in [1.29, 1.82) is 0 Å². The summed E-state index contributed by atoms with van der Waals surface area (Å²) in [5.74, 6) is 5.68. The first-order chi connectivity index (χ1) is 17.4. The number of nitrogens with two attached hydrogens (primary N) is 1. The summed E-state index contributed by atoms with van der Waals surface area (Å²) in [5.41, 5.74) is 6.69. The zero-order valence-electron chi connectivity index (χ0n) is 21.0. The first kappa shape index (κ1) is 27.4. The molecule has 0 aliphatic heterocycles. The lowest BCUT2D eigenvalue weighted by atomic mass is 10.0. The predicted octanol–water partition coefficient (Wildman–Crippen LogP) is 3.82. The summed E-state index contributed by atoms with van der Waals surface area (Å²) in [7, 11) is 5.60. The van der Waals surface area contributed by atoms with Gasteiger partial charge >= 0.3 is 6.18 Å². The molecule has 0 saturated carbocycles. The van der Waals surface area contributed by atoms with Gasteiger partial charge in [-0.15, -0.1) is 0 Å². The molecular weight excluding hydrogens is 483 g/mol. The summed E-state index contributed by atoms with van der Waals surface area (Å²) in [6.45, 7) is 3.17. The van der Waals surface area contributed by atoms with Gasteiger partial charge in [0.25, 0.3) is 5.91 Å². The molecule has 0 aliphatic carbocycles. The van der Waals surface area contributed by atoms with E-state index in [1.807, 2.05) is 25.9 Å². The number of nitrogens with zero attached hydrogens (tertiary/aromatic N) is 5. The fourth-order valence-corrected chi connectivity index (χ4v) is 3.37. The van der Waals surface area contributed by atoms with Gasteiger partial charge in [-0.25, -0.2) is 15.0 Å². The van der Waals surface area contributed by atoms with E-state index in [4.69, 9.17) is 5.73 Å². The SMILES string of the molecule is Cc1ccc(C(=O)Nc2cc(C(F)(F)F)cnc2N(C)CCCN(C)C)cc1C#Cc1cnc(N)nc1. The summed E-state index contributed by atoms with van der Waals surface area (Å²) >= 11 is 0. The van der Waals surface area contributed by atoms with E-state index >= 15 is 0 Å². The number of carbonyl (C=O) groups excluding carboxylic acids is 1. The van der Waals surface area contributed by atoms with Crippen LogP contribution in [-0.2, 0) is 6.18 Å². The topological polar surface area (TPSA) is 100 Å². The van der Waals surface area contributed by atoms with Gasteiger partial charge in [0.15, 0.2) is 5.82 Å². The number of hydrogen-bond donors (Lipinski definition) is 2. The highest BCUT2D eigenvalue weighted by Crippen LogP contribution is 2.34. The molecule has 37 heavy (non-hydrogen) atoms. The van der Waals surface area contributed by atoms with Crippen LogP contribution < -0.4 is 16.0 Å². The number of anilines is 3. The van der Waals surface area contributed by atoms with E-state index in [0.717, 1.165) is 30.8 Å². The molecule has 0 fully saturated rings. The smallest absolute Gasteiger partial charge is 0.368 e. The molecule has 1 aromatic carbocycles. The molecule has 3 rings (SSSR count). The molecule has 3 N–H and O–H groups in total. The van der Waals surface area contributed by atoms with Crippen molar-refractivity contribution in [3.05, 3.63) is 70.7 Å². The van der Waals surface area contributed by atoms with Gasteiger partial charge in [0.1, 0.15) is 0 Å². The Labute approximate surface area is 213 Å². The fraction of sp³-hybridized carbons (Fsp3) is 0.308. The maximum atomic E-state index is 13.4. The third kappa shape index (κ3) is 7.65. The largest absolute Gasteiger partial charge is 0.417 e. The van der Waals surface area contributed by atoms with E-state index in [1.54, 1.807) is 30.1 Å². The lowest BCUT2D eigenvalue weighted by Gasteiger charge is -2.23. The second-order valence-corrected chi connectivity index (χ2v) is 8.74. The molecule has 0 saturated heterocycles. The Morgan fingerprint density at radius 2 is 1.73 bits per heavy atom. The molecular formula is C26H28F3N7O. The Morgan fingerprint density at radius 1 is 1.03 bits per heavy atom. The zero-order chi connectivity index (χ0) is 27.2. The van der Waals surface area contributed by atoms with Gasteiger partial charge in [0, 0.05) is 43.3 Å². The van der Waals surface area contributed by atoms with Crippen molar-refractivity contribution in [2.24, 2.45) is 0 Å². The van der Waals surface area contributed by atoms with Crippen LogP contribution >= 0.6 is 0 Å². The third-order valence-electron chi connectivity index (χ3n) is 5.42. The first-order valence-corrected chi connectivity index (χ1v) is 11.4. The van der Waals surface area contributed by atoms with Crippen LogP contribution in [0.25, 0.3) is 0 Å². The number of carbonyl (C=O) groups is 1. The van der Waals surface area contributed by atoms with Crippen molar-refractivity contribution in [2.75, 3.05) is 50.2 Å². The Kier molecular flexibility index (Phi) is 8.68. The first-order valence-electron chi connectivity index (χ1n) is 11.4. The fourth-order valence-electron chi connectivity index (χ4n) is 3.37. The Balaban J connectivity index is 1.88. The minimum Gasteiger partial charge on any atom is -0.368 e. The summed E-state index contributed by atoms with van der Waals surface area (Å²) < 4.78 is 40.2. The van der Waals surface area contributed by atoms with Crippen LogP contribution in [0, 0.1) is 18.8 Å². The van der Waals surface area contributed by atoms with E-state index in [1.165, 1.54) is 12.4 Å². The van der Waals surface area contributed by atoms with Gasteiger partial charge in [-0.3, -0.25) is 4.79 Å². The second-order valence-electron chi connectivity index (χ2n) is 8.74. The van der Waals surface area contributed by atoms with Crippen molar-refractivity contribution in [2.45, 2.75) is 19.5 Å². The maximum Gasteiger partial charge on any atom is 0.417 e. The minimum absolute atomic E-state index is 0.0283. The Bertz CT molecular complexity index is 1310. The standard InChI is InChI=1S/C26H28F3N7O/c1-17-6-8-20(12-19(17)9-7-18-14-32-25(30)33-15-18)24(37)34-22-13-21(26(27,28)29)16-31-23(22)36(4)11-5-10-35(2)3/h6,8,12-16H,5,10-11H2,1-4H3,(H,34,37)(H2,30,32,33). The van der Waals surface area contributed by atoms with Crippen LogP contribution in [0.5, 0.6) is 0 Å². The molecule has 3 aromatic rings. The van der Waals surface area contributed by atoms with Crippen molar-refractivity contribution in [3.8, 4) is 11.8 Å². The molecule has 194 valence electrons. The predicted molar refractivity (Wildman–Crippen MR) is 137 cm³/mol. The van der Waals surface area contributed by atoms with Crippen LogP contribution in [0.15, 0.2) is 42.9 Å². The van der Waals surface area contributed by atoms with Gasteiger partial charge in [-0.05, 0) is 57.7 Å².